The molecule has 0 radical (unpaired) electrons. The van der Waals surface area contributed by atoms with Gasteiger partial charge in [0.2, 0.25) is 0 Å². The number of hydrogen-bond donors (Lipinski definition) is 2. The number of carbonyl (C=O) groups excluding carboxylic acids is 1. The fourth-order valence-corrected chi connectivity index (χ4v) is 2.05. The van der Waals surface area contributed by atoms with Crippen molar-refractivity contribution in [2.24, 2.45) is 0 Å². The molecule has 0 heterocycles. The first-order valence-electron chi connectivity index (χ1n) is 7.28. The van der Waals surface area contributed by atoms with Crippen molar-refractivity contribution in [1.29, 1.82) is 0 Å². The molecule has 0 saturated heterocycles. The maximum atomic E-state index is 13.0. The highest BCUT2D eigenvalue weighted by Crippen LogP contribution is 2.20. The van der Waals surface area contributed by atoms with E-state index in [9.17, 15) is 19.3 Å². The van der Waals surface area contributed by atoms with Gasteiger partial charge in [0.15, 0.2) is 6.61 Å². The molecule has 0 aliphatic carbocycles. The predicted octanol–water partition coefficient (Wildman–Crippen LogP) is 2.99. The van der Waals surface area contributed by atoms with E-state index in [1.165, 1.54) is 24.3 Å². The molecule has 25 heavy (non-hydrogen) atoms. The standard InChI is InChI=1S/C16H15ClFN3O4/c17-14-9-13(5-6-15(14)18)25-10-16(22)20-8-7-19-11-1-3-12(4-2-11)21(23)24/h1-6,9,19H,7-8,10H2,(H,20,22). The Morgan fingerprint density at radius 2 is 1.92 bits per heavy atom. The average molecular weight is 368 g/mol. The molecule has 0 saturated carbocycles. The largest absolute Gasteiger partial charge is 0.484 e. The fourth-order valence-electron chi connectivity index (χ4n) is 1.88. The first-order chi connectivity index (χ1) is 12.0. The summed E-state index contributed by atoms with van der Waals surface area (Å²) < 4.78 is 18.2. The Labute approximate surface area is 147 Å². The minimum absolute atomic E-state index is 0.0110. The van der Waals surface area contributed by atoms with Gasteiger partial charge in [-0.05, 0) is 24.3 Å². The van der Waals surface area contributed by atoms with E-state index in [2.05, 4.69) is 10.6 Å². The summed E-state index contributed by atoms with van der Waals surface area (Å²) in [6.45, 7) is 0.550. The van der Waals surface area contributed by atoms with Crippen LogP contribution in [-0.4, -0.2) is 30.5 Å². The van der Waals surface area contributed by atoms with Crippen LogP contribution in [0.1, 0.15) is 0 Å². The van der Waals surface area contributed by atoms with E-state index in [0.717, 1.165) is 6.07 Å². The molecular weight excluding hydrogens is 353 g/mol. The Morgan fingerprint density at radius 3 is 2.56 bits per heavy atom. The first kappa shape index (κ1) is 18.5. The van der Waals surface area contributed by atoms with Crippen molar-refractivity contribution in [2.75, 3.05) is 25.0 Å². The molecule has 1 amide bonds. The summed E-state index contributed by atoms with van der Waals surface area (Å²) in [6.07, 6.45) is 0. The van der Waals surface area contributed by atoms with Crippen molar-refractivity contribution in [3.63, 3.8) is 0 Å². The van der Waals surface area contributed by atoms with Crippen molar-refractivity contribution in [3.8, 4) is 5.75 Å². The van der Waals surface area contributed by atoms with Gasteiger partial charge in [-0.25, -0.2) is 4.39 Å². The van der Waals surface area contributed by atoms with Gasteiger partial charge in [0, 0.05) is 37.0 Å². The second-order valence-electron chi connectivity index (χ2n) is 4.95. The third kappa shape index (κ3) is 5.92. The normalized spacial score (nSPS) is 10.2. The number of ether oxygens (including phenoxy) is 1. The maximum absolute atomic E-state index is 13.0. The fraction of sp³-hybridized carbons (Fsp3) is 0.188. The molecule has 7 nitrogen and oxygen atoms in total. The van der Waals surface area contributed by atoms with Crippen LogP contribution in [-0.2, 0) is 4.79 Å². The van der Waals surface area contributed by atoms with Crippen molar-refractivity contribution >= 4 is 28.9 Å². The predicted molar refractivity (Wildman–Crippen MR) is 91.5 cm³/mol. The monoisotopic (exact) mass is 367 g/mol. The minimum atomic E-state index is -0.559. The molecule has 0 unspecified atom stereocenters. The van der Waals surface area contributed by atoms with E-state index in [4.69, 9.17) is 16.3 Å². The molecule has 2 aromatic rings. The lowest BCUT2D eigenvalue weighted by molar-refractivity contribution is -0.384. The van der Waals surface area contributed by atoms with Gasteiger partial charge in [0.25, 0.3) is 11.6 Å². The number of rotatable bonds is 8. The number of hydrogen-bond acceptors (Lipinski definition) is 5. The van der Waals surface area contributed by atoms with Crippen LogP contribution in [0.5, 0.6) is 5.75 Å². The average Bonchev–Trinajstić information content (AvgIpc) is 2.60. The lowest BCUT2D eigenvalue weighted by Crippen LogP contribution is -2.32. The Kier molecular flexibility index (Phi) is 6.53. The summed E-state index contributed by atoms with van der Waals surface area (Å²) in [4.78, 5) is 21.7. The molecule has 0 aliphatic rings. The second kappa shape index (κ2) is 8.84. The van der Waals surface area contributed by atoms with Crippen molar-refractivity contribution in [1.82, 2.24) is 5.32 Å². The van der Waals surface area contributed by atoms with Crippen LogP contribution in [0.15, 0.2) is 42.5 Å². The Bertz CT molecular complexity index is 756. The number of amides is 1. The number of halogens is 2. The van der Waals surface area contributed by atoms with E-state index in [-0.39, 0.29) is 23.2 Å². The van der Waals surface area contributed by atoms with Crippen LogP contribution >= 0.6 is 11.6 Å². The van der Waals surface area contributed by atoms with Gasteiger partial charge in [0.1, 0.15) is 11.6 Å². The number of nitrogens with zero attached hydrogens (tertiary/aromatic N) is 1. The van der Waals surface area contributed by atoms with Crippen molar-refractivity contribution in [3.05, 3.63) is 63.4 Å². The topological polar surface area (TPSA) is 93.5 Å². The van der Waals surface area contributed by atoms with Crippen LogP contribution < -0.4 is 15.4 Å². The van der Waals surface area contributed by atoms with Gasteiger partial charge in [-0.2, -0.15) is 0 Å². The molecule has 9 heteroatoms. The number of benzene rings is 2. The third-order valence-electron chi connectivity index (χ3n) is 3.12. The minimum Gasteiger partial charge on any atom is -0.484 e. The Hall–Kier alpha value is -2.87. The van der Waals surface area contributed by atoms with E-state index in [0.29, 0.717) is 24.5 Å². The van der Waals surface area contributed by atoms with Crippen LogP contribution in [0, 0.1) is 15.9 Å². The van der Waals surface area contributed by atoms with Gasteiger partial charge in [0.05, 0.1) is 9.95 Å². The molecule has 2 rings (SSSR count). The zero-order valence-electron chi connectivity index (χ0n) is 13.0. The van der Waals surface area contributed by atoms with E-state index in [1.807, 2.05) is 0 Å². The molecule has 0 bridgehead atoms. The van der Waals surface area contributed by atoms with Gasteiger partial charge in [-0.3, -0.25) is 14.9 Å². The smallest absolute Gasteiger partial charge is 0.269 e. The van der Waals surface area contributed by atoms with Crippen LogP contribution in [0.4, 0.5) is 15.8 Å². The Morgan fingerprint density at radius 1 is 1.20 bits per heavy atom. The lowest BCUT2D eigenvalue weighted by Gasteiger charge is -2.09. The van der Waals surface area contributed by atoms with Gasteiger partial charge < -0.3 is 15.4 Å². The summed E-state index contributed by atoms with van der Waals surface area (Å²) in [5.74, 6) is -0.604. The number of non-ortho nitro benzene ring substituents is 1. The molecule has 132 valence electrons. The number of nitro benzene ring substituents is 1. The first-order valence-corrected chi connectivity index (χ1v) is 7.66. The number of nitro groups is 1. The lowest BCUT2D eigenvalue weighted by atomic mass is 10.3. The second-order valence-corrected chi connectivity index (χ2v) is 5.35. The quantitative estimate of drug-likeness (QED) is 0.425. The summed E-state index contributed by atoms with van der Waals surface area (Å²) in [7, 11) is 0. The van der Waals surface area contributed by atoms with Crippen molar-refractivity contribution < 1.29 is 18.8 Å². The molecule has 2 N–H and O–H groups in total. The van der Waals surface area contributed by atoms with E-state index >= 15 is 0 Å². The molecule has 0 aliphatic heterocycles. The zero-order valence-corrected chi connectivity index (χ0v) is 13.8. The number of anilines is 1. The van der Waals surface area contributed by atoms with Gasteiger partial charge in [-0.1, -0.05) is 11.6 Å². The molecular formula is C16H15ClFN3O4. The van der Waals surface area contributed by atoms with Crippen LogP contribution in [0.3, 0.4) is 0 Å². The SMILES string of the molecule is O=C(COc1ccc(F)c(Cl)c1)NCCNc1ccc([N+](=O)[O-])cc1. The zero-order chi connectivity index (χ0) is 18.2. The van der Waals surface area contributed by atoms with Gasteiger partial charge >= 0.3 is 0 Å². The molecule has 0 fully saturated rings. The molecule has 0 spiro atoms. The summed E-state index contributed by atoms with van der Waals surface area (Å²) >= 11 is 5.62. The molecule has 2 aromatic carbocycles. The van der Waals surface area contributed by atoms with E-state index in [1.54, 1.807) is 12.1 Å². The summed E-state index contributed by atoms with van der Waals surface area (Å²) in [5, 5.41) is 16.1. The van der Waals surface area contributed by atoms with Crippen LogP contribution in [0.25, 0.3) is 0 Å². The summed E-state index contributed by atoms with van der Waals surface area (Å²) in [6, 6.07) is 9.78. The summed E-state index contributed by atoms with van der Waals surface area (Å²) in [5.41, 5.74) is 0.717. The van der Waals surface area contributed by atoms with E-state index < -0.39 is 10.7 Å². The third-order valence-corrected chi connectivity index (χ3v) is 3.41. The van der Waals surface area contributed by atoms with Crippen LogP contribution in [0.2, 0.25) is 5.02 Å². The van der Waals surface area contributed by atoms with Crippen molar-refractivity contribution in [2.45, 2.75) is 0 Å². The number of carbonyl (C=O) groups is 1. The maximum Gasteiger partial charge on any atom is 0.269 e. The highest BCUT2D eigenvalue weighted by molar-refractivity contribution is 6.30. The highest BCUT2D eigenvalue weighted by Gasteiger charge is 2.06. The Balaban J connectivity index is 1.66. The molecule has 0 aromatic heterocycles. The van der Waals surface area contributed by atoms with Gasteiger partial charge in [-0.15, -0.1) is 0 Å². The highest BCUT2D eigenvalue weighted by atomic mass is 35.5. The molecule has 0 atom stereocenters. The number of nitrogens with one attached hydrogen (secondary N) is 2.